The Bertz CT molecular complexity index is 857. The van der Waals surface area contributed by atoms with Crippen LogP contribution in [-0.2, 0) is 6.42 Å². The smallest absolute Gasteiger partial charge is 0.240 e. The number of rotatable bonds is 6. The largest absolute Gasteiger partial charge is 0.476 e. The number of hydrogen-bond acceptors (Lipinski definition) is 4. The van der Waals surface area contributed by atoms with E-state index in [2.05, 4.69) is 34.2 Å². The predicted octanol–water partition coefficient (Wildman–Crippen LogP) is 4.22. The van der Waals surface area contributed by atoms with Gasteiger partial charge in [0.05, 0.1) is 6.61 Å². The fourth-order valence-electron chi connectivity index (χ4n) is 3.08. The van der Waals surface area contributed by atoms with E-state index >= 15 is 0 Å². The molecule has 1 saturated carbocycles. The summed E-state index contributed by atoms with van der Waals surface area (Å²) < 4.78 is 5.98. The average Bonchev–Trinajstić information content (AvgIpc) is 3.48. The molecular formula is C21H21N3O. The minimum atomic E-state index is 0.566. The Labute approximate surface area is 147 Å². The quantitative estimate of drug-likeness (QED) is 0.687. The van der Waals surface area contributed by atoms with Gasteiger partial charge in [0.1, 0.15) is 5.69 Å². The third-order valence-electron chi connectivity index (χ3n) is 4.53. The maximum absolute atomic E-state index is 5.98. The third kappa shape index (κ3) is 3.63. The van der Waals surface area contributed by atoms with E-state index in [0.717, 1.165) is 29.3 Å². The van der Waals surface area contributed by atoms with Crippen molar-refractivity contribution in [2.45, 2.75) is 25.2 Å². The normalized spacial score (nSPS) is 13.6. The van der Waals surface area contributed by atoms with Gasteiger partial charge in [-0.25, -0.2) is 9.97 Å². The van der Waals surface area contributed by atoms with Gasteiger partial charge in [-0.2, -0.15) is 0 Å². The van der Waals surface area contributed by atoms with Crippen LogP contribution in [0.1, 0.15) is 29.9 Å². The molecule has 1 aromatic heterocycles. The van der Waals surface area contributed by atoms with Crippen molar-refractivity contribution >= 4 is 5.69 Å². The number of aromatic nitrogens is 2. The minimum Gasteiger partial charge on any atom is -0.476 e. The van der Waals surface area contributed by atoms with Gasteiger partial charge in [-0.05, 0) is 42.0 Å². The van der Waals surface area contributed by atoms with Gasteiger partial charge in [0, 0.05) is 30.1 Å². The van der Waals surface area contributed by atoms with Gasteiger partial charge >= 0.3 is 0 Å². The summed E-state index contributed by atoms with van der Waals surface area (Å²) in [6.45, 7) is 0.588. The summed E-state index contributed by atoms with van der Waals surface area (Å²) in [6.07, 6.45) is 6.84. The Morgan fingerprint density at radius 3 is 2.52 bits per heavy atom. The number of benzene rings is 2. The predicted molar refractivity (Wildman–Crippen MR) is 99.5 cm³/mol. The van der Waals surface area contributed by atoms with Crippen molar-refractivity contribution in [3.05, 3.63) is 72.1 Å². The first-order valence-corrected chi connectivity index (χ1v) is 8.69. The summed E-state index contributed by atoms with van der Waals surface area (Å²) in [7, 11) is 0. The second kappa shape index (κ2) is 6.93. The number of hydrogen-bond donors (Lipinski definition) is 1. The van der Waals surface area contributed by atoms with Crippen LogP contribution in [0.25, 0.3) is 11.3 Å². The first-order valence-electron chi connectivity index (χ1n) is 8.69. The van der Waals surface area contributed by atoms with Crippen LogP contribution in [0.4, 0.5) is 5.69 Å². The molecule has 0 saturated heterocycles. The van der Waals surface area contributed by atoms with E-state index in [1.54, 1.807) is 12.4 Å². The van der Waals surface area contributed by atoms with Crippen molar-refractivity contribution in [2.24, 2.45) is 0 Å². The maximum atomic E-state index is 5.98. The van der Waals surface area contributed by atoms with Gasteiger partial charge in [-0.3, -0.25) is 0 Å². The molecule has 1 aliphatic rings. The van der Waals surface area contributed by atoms with E-state index < -0.39 is 0 Å². The van der Waals surface area contributed by atoms with Crippen molar-refractivity contribution in [3.8, 4) is 17.1 Å². The summed E-state index contributed by atoms with van der Waals surface area (Å²) in [5.41, 5.74) is 11.0. The molecule has 1 heterocycles. The molecule has 0 spiro atoms. The minimum absolute atomic E-state index is 0.566. The van der Waals surface area contributed by atoms with Crippen LogP contribution >= 0.6 is 0 Å². The van der Waals surface area contributed by atoms with Crippen molar-refractivity contribution in [3.63, 3.8) is 0 Å². The topological polar surface area (TPSA) is 61.0 Å². The lowest BCUT2D eigenvalue weighted by atomic mass is 10.0. The molecule has 0 bridgehead atoms. The lowest BCUT2D eigenvalue weighted by Crippen LogP contribution is -2.06. The molecule has 25 heavy (non-hydrogen) atoms. The molecule has 2 N–H and O–H groups in total. The zero-order valence-corrected chi connectivity index (χ0v) is 14.1. The zero-order chi connectivity index (χ0) is 17.1. The molecular weight excluding hydrogens is 310 g/mol. The van der Waals surface area contributed by atoms with E-state index in [9.17, 15) is 0 Å². The van der Waals surface area contributed by atoms with E-state index in [4.69, 9.17) is 10.5 Å². The molecule has 0 radical (unpaired) electrons. The Hall–Kier alpha value is -2.88. The average molecular weight is 331 g/mol. The van der Waals surface area contributed by atoms with E-state index in [1.807, 2.05) is 24.3 Å². The summed E-state index contributed by atoms with van der Waals surface area (Å²) >= 11 is 0. The first-order chi connectivity index (χ1) is 12.3. The van der Waals surface area contributed by atoms with Gasteiger partial charge in [0.25, 0.3) is 0 Å². The Kier molecular flexibility index (Phi) is 4.34. The lowest BCUT2D eigenvalue weighted by Gasteiger charge is -2.11. The van der Waals surface area contributed by atoms with Crippen LogP contribution < -0.4 is 10.5 Å². The van der Waals surface area contributed by atoms with Crippen molar-refractivity contribution < 1.29 is 4.74 Å². The van der Waals surface area contributed by atoms with Crippen LogP contribution in [0.3, 0.4) is 0 Å². The van der Waals surface area contributed by atoms with Crippen molar-refractivity contribution in [1.29, 1.82) is 0 Å². The van der Waals surface area contributed by atoms with Gasteiger partial charge in [-0.1, -0.05) is 36.4 Å². The Morgan fingerprint density at radius 1 is 0.960 bits per heavy atom. The second-order valence-corrected chi connectivity index (χ2v) is 6.40. The van der Waals surface area contributed by atoms with E-state index in [-0.39, 0.29) is 0 Å². The molecule has 4 rings (SSSR count). The summed E-state index contributed by atoms with van der Waals surface area (Å²) in [6, 6.07) is 16.3. The summed E-state index contributed by atoms with van der Waals surface area (Å²) in [5.74, 6) is 1.31. The van der Waals surface area contributed by atoms with Crippen molar-refractivity contribution in [2.75, 3.05) is 12.3 Å². The molecule has 2 aromatic carbocycles. The Morgan fingerprint density at radius 2 is 1.72 bits per heavy atom. The van der Waals surface area contributed by atoms with Crippen LogP contribution in [0.2, 0.25) is 0 Å². The molecule has 0 unspecified atom stereocenters. The molecule has 1 aliphatic carbocycles. The fraction of sp³-hybridized carbons (Fsp3) is 0.238. The summed E-state index contributed by atoms with van der Waals surface area (Å²) in [5, 5.41) is 0. The molecule has 4 heteroatoms. The molecule has 0 amide bonds. The lowest BCUT2D eigenvalue weighted by molar-refractivity contribution is 0.309. The molecule has 1 fully saturated rings. The van der Waals surface area contributed by atoms with Crippen LogP contribution in [0.5, 0.6) is 5.88 Å². The number of nitrogens with two attached hydrogens (primary N) is 1. The first kappa shape index (κ1) is 15.6. The molecule has 3 aromatic rings. The van der Waals surface area contributed by atoms with Crippen LogP contribution in [0.15, 0.2) is 60.9 Å². The third-order valence-corrected chi connectivity index (χ3v) is 4.53. The zero-order valence-electron chi connectivity index (χ0n) is 14.1. The maximum Gasteiger partial charge on any atom is 0.240 e. The SMILES string of the molecule is Nc1ccc(-c2nccnc2OCCc2ccccc2C2CC2)cc1. The van der Waals surface area contributed by atoms with E-state index in [0.29, 0.717) is 12.5 Å². The standard InChI is InChI=1S/C21H21N3O/c22-18-9-7-17(8-10-18)20-21(24-13-12-23-20)25-14-11-15-3-1-2-4-19(15)16-5-6-16/h1-4,7-10,12-13,16H,5-6,11,14,22H2. The van der Waals surface area contributed by atoms with Gasteiger partial charge in [0.2, 0.25) is 5.88 Å². The van der Waals surface area contributed by atoms with Crippen LogP contribution in [0, 0.1) is 0 Å². The number of ether oxygens (including phenoxy) is 1. The van der Waals surface area contributed by atoms with Gasteiger partial charge < -0.3 is 10.5 Å². The molecule has 126 valence electrons. The number of anilines is 1. The highest BCUT2D eigenvalue weighted by molar-refractivity contribution is 5.65. The van der Waals surface area contributed by atoms with Crippen LogP contribution in [-0.4, -0.2) is 16.6 Å². The highest BCUT2D eigenvalue weighted by Gasteiger charge is 2.25. The second-order valence-electron chi connectivity index (χ2n) is 6.40. The van der Waals surface area contributed by atoms with Gasteiger partial charge in [0.15, 0.2) is 0 Å². The Balaban J connectivity index is 1.48. The monoisotopic (exact) mass is 331 g/mol. The number of nitrogens with zero attached hydrogens (tertiary/aromatic N) is 2. The fourth-order valence-corrected chi connectivity index (χ4v) is 3.08. The molecule has 0 aliphatic heterocycles. The highest BCUT2D eigenvalue weighted by atomic mass is 16.5. The molecule has 0 atom stereocenters. The number of nitrogen functional groups attached to an aromatic ring is 1. The molecule has 4 nitrogen and oxygen atoms in total. The summed E-state index contributed by atoms with van der Waals surface area (Å²) in [4.78, 5) is 8.79. The highest BCUT2D eigenvalue weighted by Crippen LogP contribution is 2.41. The van der Waals surface area contributed by atoms with Crippen molar-refractivity contribution in [1.82, 2.24) is 9.97 Å². The van der Waals surface area contributed by atoms with Gasteiger partial charge in [-0.15, -0.1) is 0 Å². The van der Waals surface area contributed by atoms with E-state index in [1.165, 1.54) is 24.0 Å².